The summed E-state index contributed by atoms with van der Waals surface area (Å²) < 4.78 is 12.9. The standard InChI is InChI=1S/C26H22Cl2N2O4S/c1-4-12-34-19-10-7-16(8-11-19)23-22(25(32)33-5-2)15(3)29-26-30(23)24(31)21(35-26)13-17-6-9-18(27)14-20(17)28/h4,6-11,13-14,23H,1,5,12H2,2-3H3/b21-13-/t23-/m0/s1. The van der Waals surface area contributed by atoms with Crippen LogP contribution in [0.5, 0.6) is 5.75 Å². The van der Waals surface area contributed by atoms with Crippen LogP contribution >= 0.6 is 34.5 Å². The number of allylic oxidation sites excluding steroid dienone is 1. The van der Waals surface area contributed by atoms with Crippen molar-refractivity contribution in [2.24, 2.45) is 4.99 Å². The molecule has 2 heterocycles. The molecule has 0 radical (unpaired) electrons. The number of fused-ring (bicyclic) bond motifs is 1. The van der Waals surface area contributed by atoms with Crippen LogP contribution in [-0.2, 0) is 9.53 Å². The molecule has 1 aliphatic heterocycles. The average molecular weight is 529 g/mol. The summed E-state index contributed by atoms with van der Waals surface area (Å²) in [6, 6.07) is 11.6. The molecule has 180 valence electrons. The van der Waals surface area contributed by atoms with Crippen molar-refractivity contribution in [3.8, 4) is 5.75 Å². The minimum absolute atomic E-state index is 0.205. The first-order chi connectivity index (χ1) is 16.8. The Morgan fingerprint density at radius 3 is 2.63 bits per heavy atom. The SMILES string of the molecule is C=CCOc1ccc([C@H]2C(C(=O)OCC)=C(C)N=c3s/c(=C\c4ccc(Cl)cc4Cl)c(=O)n32)cc1. The summed E-state index contributed by atoms with van der Waals surface area (Å²) >= 11 is 13.6. The molecular weight excluding hydrogens is 507 g/mol. The molecule has 3 aromatic rings. The average Bonchev–Trinajstić information content (AvgIpc) is 3.13. The van der Waals surface area contributed by atoms with Gasteiger partial charge in [0.05, 0.1) is 28.5 Å². The van der Waals surface area contributed by atoms with Crippen molar-refractivity contribution in [1.29, 1.82) is 0 Å². The van der Waals surface area contributed by atoms with E-state index in [0.29, 0.717) is 48.6 Å². The van der Waals surface area contributed by atoms with Gasteiger partial charge in [-0.25, -0.2) is 9.79 Å². The highest BCUT2D eigenvalue weighted by molar-refractivity contribution is 7.07. The zero-order chi connectivity index (χ0) is 25.1. The monoisotopic (exact) mass is 528 g/mol. The van der Waals surface area contributed by atoms with E-state index in [1.807, 2.05) is 12.1 Å². The highest BCUT2D eigenvalue weighted by atomic mass is 35.5. The second-order valence-electron chi connectivity index (χ2n) is 7.64. The van der Waals surface area contributed by atoms with E-state index in [2.05, 4.69) is 11.6 Å². The third-order valence-corrected chi connectivity index (χ3v) is 6.88. The number of halogens is 2. The molecule has 6 nitrogen and oxygen atoms in total. The number of hydrogen-bond donors (Lipinski definition) is 0. The van der Waals surface area contributed by atoms with Gasteiger partial charge in [0.15, 0.2) is 4.80 Å². The molecule has 1 aromatic heterocycles. The van der Waals surface area contributed by atoms with Gasteiger partial charge in [-0.15, -0.1) is 0 Å². The van der Waals surface area contributed by atoms with Crippen LogP contribution in [0.1, 0.15) is 31.0 Å². The summed E-state index contributed by atoms with van der Waals surface area (Å²) in [6.07, 6.45) is 3.36. The molecule has 9 heteroatoms. The summed E-state index contributed by atoms with van der Waals surface area (Å²) in [5, 5.41) is 0.933. The molecule has 0 spiro atoms. The molecule has 2 aromatic carbocycles. The lowest BCUT2D eigenvalue weighted by Gasteiger charge is -2.24. The maximum Gasteiger partial charge on any atom is 0.338 e. The van der Waals surface area contributed by atoms with Gasteiger partial charge < -0.3 is 9.47 Å². The maximum atomic E-state index is 13.6. The lowest BCUT2D eigenvalue weighted by atomic mass is 9.96. The minimum atomic E-state index is -0.707. The Morgan fingerprint density at radius 1 is 1.23 bits per heavy atom. The van der Waals surface area contributed by atoms with E-state index in [1.165, 1.54) is 15.9 Å². The zero-order valence-corrected chi connectivity index (χ0v) is 21.4. The molecule has 0 N–H and O–H groups in total. The molecule has 0 fully saturated rings. The third kappa shape index (κ3) is 5.12. The summed E-state index contributed by atoms with van der Waals surface area (Å²) in [7, 11) is 0. The Labute approximate surface area is 216 Å². The third-order valence-electron chi connectivity index (χ3n) is 5.33. The Hall–Kier alpha value is -3.13. The summed E-state index contributed by atoms with van der Waals surface area (Å²) in [5.74, 6) is 0.137. The Balaban J connectivity index is 1.90. The second-order valence-corrected chi connectivity index (χ2v) is 9.49. The van der Waals surface area contributed by atoms with Crippen LogP contribution in [0.2, 0.25) is 10.0 Å². The molecule has 0 aliphatic carbocycles. The molecule has 1 atom stereocenters. The highest BCUT2D eigenvalue weighted by Gasteiger charge is 2.33. The normalized spacial score (nSPS) is 15.4. The summed E-state index contributed by atoms with van der Waals surface area (Å²) in [5.41, 5.74) is 1.91. The molecule has 4 rings (SSSR count). The number of esters is 1. The predicted octanol–water partition coefficient (Wildman–Crippen LogP) is 4.67. The van der Waals surface area contributed by atoms with E-state index in [4.69, 9.17) is 32.7 Å². The lowest BCUT2D eigenvalue weighted by Crippen LogP contribution is -2.39. The van der Waals surface area contributed by atoms with Crippen molar-refractivity contribution in [3.63, 3.8) is 0 Å². The highest BCUT2D eigenvalue weighted by Crippen LogP contribution is 2.31. The van der Waals surface area contributed by atoms with Crippen molar-refractivity contribution in [3.05, 3.63) is 107 Å². The van der Waals surface area contributed by atoms with Crippen molar-refractivity contribution < 1.29 is 14.3 Å². The number of benzene rings is 2. The number of hydrogen-bond acceptors (Lipinski definition) is 6. The van der Waals surface area contributed by atoms with Gasteiger partial charge in [-0.05, 0) is 55.3 Å². The fourth-order valence-electron chi connectivity index (χ4n) is 3.77. The molecule has 1 aliphatic rings. The predicted molar refractivity (Wildman–Crippen MR) is 139 cm³/mol. The molecule has 0 unspecified atom stereocenters. The van der Waals surface area contributed by atoms with Gasteiger partial charge in [0, 0.05) is 10.0 Å². The van der Waals surface area contributed by atoms with Gasteiger partial charge in [0.1, 0.15) is 12.4 Å². The van der Waals surface area contributed by atoms with E-state index in [0.717, 1.165) is 5.56 Å². The molecule has 0 saturated heterocycles. The summed E-state index contributed by atoms with van der Waals surface area (Å²) in [6.45, 7) is 7.71. The van der Waals surface area contributed by atoms with Crippen LogP contribution in [0, 0.1) is 0 Å². The molecule has 0 amide bonds. The molecule has 35 heavy (non-hydrogen) atoms. The fraction of sp³-hybridized carbons (Fsp3) is 0.192. The van der Waals surface area contributed by atoms with Gasteiger partial charge in [-0.3, -0.25) is 9.36 Å². The van der Waals surface area contributed by atoms with E-state index in [1.54, 1.807) is 56.3 Å². The van der Waals surface area contributed by atoms with E-state index in [9.17, 15) is 9.59 Å². The topological polar surface area (TPSA) is 69.9 Å². The van der Waals surface area contributed by atoms with Gasteiger partial charge in [0.2, 0.25) is 0 Å². The first kappa shape index (κ1) is 25.0. The first-order valence-electron chi connectivity index (χ1n) is 10.8. The fourth-order valence-corrected chi connectivity index (χ4v) is 5.27. The van der Waals surface area contributed by atoms with Crippen LogP contribution in [0.4, 0.5) is 0 Å². The first-order valence-corrected chi connectivity index (χ1v) is 12.4. The second kappa shape index (κ2) is 10.6. The number of rotatable bonds is 7. The Morgan fingerprint density at radius 2 is 1.97 bits per heavy atom. The molecule has 0 saturated carbocycles. The smallest absolute Gasteiger partial charge is 0.338 e. The van der Waals surface area contributed by atoms with Gasteiger partial charge in [-0.2, -0.15) is 0 Å². The molecule has 0 bridgehead atoms. The quantitative estimate of drug-likeness (QED) is 0.330. The van der Waals surface area contributed by atoms with Crippen molar-refractivity contribution in [2.75, 3.05) is 13.2 Å². The minimum Gasteiger partial charge on any atom is -0.490 e. The van der Waals surface area contributed by atoms with Crippen LogP contribution in [-0.4, -0.2) is 23.8 Å². The summed E-state index contributed by atoms with van der Waals surface area (Å²) in [4.78, 5) is 31.6. The van der Waals surface area contributed by atoms with Crippen LogP contribution in [0.3, 0.4) is 0 Å². The van der Waals surface area contributed by atoms with Gasteiger partial charge >= 0.3 is 5.97 Å². The van der Waals surface area contributed by atoms with Crippen molar-refractivity contribution >= 4 is 46.6 Å². The number of aromatic nitrogens is 1. The van der Waals surface area contributed by atoms with E-state index in [-0.39, 0.29) is 12.2 Å². The van der Waals surface area contributed by atoms with Crippen LogP contribution < -0.4 is 19.6 Å². The zero-order valence-electron chi connectivity index (χ0n) is 19.1. The number of carbonyl (C=O) groups is 1. The van der Waals surface area contributed by atoms with Crippen LogP contribution in [0.25, 0.3) is 6.08 Å². The maximum absolute atomic E-state index is 13.6. The van der Waals surface area contributed by atoms with Crippen molar-refractivity contribution in [1.82, 2.24) is 4.57 Å². The number of thiazole rings is 1. The van der Waals surface area contributed by atoms with Crippen LogP contribution in [0.15, 0.2) is 76.2 Å². The number of nitrogens with zero attached hydrogens (tertiary/aromatic N) is 2. The number of carbonyl (C=O) groups excluding carboxylic acids is 1. The number of ether oxygens (including phenoxy) is 2. The Bertz CT molecular complexity index is 1500. The lowest BCUT2D eigenvalue weighted by molar-refractivity contribution is -0.139. The van der Waals surface area contributed by atoms with Crippen molar-refractivity contribution in [2.45, 2.75) is 19.9 Å². The van der Waals surface area contributed by atoms with Gasteiger partial charge in [0.25, 0.3) is 5.56 Å². The molecular formula is C26H22Cl2N2O4S. The van der Waals surface area contributed by atoms with E-state index < -0.39 is 12.0 Å². The largest absolute Gasteiger partial charge is 0.490 e. The van der Waals surface area contributed by atoms with E-state index >= 15 is 0 Å². The Kier molecular flexibility index (Phi) is 7.60. The van der Waals surface area contributed by atoms with Gasteiger partial charge in [-0.1, -0.05) is 65.4 Å².